The van der Waals surface area contributed by atoms with E-state index >= 15 is 0 Å². The number of benzene rings is 1. The summed E-state index contributed by atoms with van der Waals surface area (Å²) in [5, 5.41) is 0. The van der Waals surface area contributed by atoms with Crippen LogP contribution in [-0.4, -0.2) is 23.4 Å². The molecule has 0 N–H and O–H groups in total. The highest BCUT2D eigenvalue weighted by atomic mass is 32.1. The van der Waals surface area contributed by atoms with Gasteiger partial charge in [-0.25, -0.2) is 4.98 Å². The summed E-state index contributed by atoms with van der Waals surface area (Å²) in [7, 11) is 0. The van der Waals surface area contributed by atoms with Gasteiger partial charge in [0.15, 0.2) is 0 Å². The minimum absolute atomic E-state index is 0.121. The third-order valence-corrected chi connectivity index (χ3v) is 4.76. The Hall–Kier alpha value is -1.42. The molecule has 0 aliphatic carbocycles. The van der Waals surface area contributed by atoms with Gasteiger partial charge in [-0.05, 0) is 25.1 Å². The monoisotopic (exact) mass is 260 g/mol. The van der Waals surface area contributed by atoms with E-state index in [0.29, 0.717) is 12.2 Å². The van der Waals surface area contributed by atoms with Gasteiger partial charge in [-0.3, -0.25) is 4.79 Å². The average molecular weight is 260 g/mol. The molecule has 18 heavy (non-hydrogen) atoms. The minimum Gasteiger partial charge on any atom is -0.368 e. The third-order valence-electron chi connectivity index (χ3n) is 3.97. The van der Waals surface area contributed by atoms with Crippen LogP contribution in [0, 0.1) is 5.92 Å². The zero-order valence-electron chi connectivity index (χ0n) is 10.6. The van der Waals surface area contributed by atoms with Gasteiger partial charge in [0.25, 0.3) is 0 Å². The second-order valence-corrected chi connectivity index (χ2v) is 5.83. The molecule has 1 aliphatic rings. The zero-order valence-corrected chi connectivity index (χ0v) is 11.4. The topological polar surface area (TPSA) is 33.2 Å². The Morgan fingerprint density at radius 1 is 1.39 bits per heavy atom. The maximum absolute atomic E-state index is 11.7. The molecule has 1 aromatic carbocycles. The largest absolute Gasteiger partial charge is 0.368 e. The molecule has 3 rings (SSSR count). The molecule has 94 valence electrons. The lowest BCUT2D eigenvalue weighted by atomic mass is 9.90. The maximum Gasteiger partial charge on any atom is 0.139 e. The van der Waals surface area contributed by atoms with Crippen LogP contribution in [0.2, 0.25) is 0 Å². The first kappa shape index (κ1) is 11.7. The quantitative estimate of drug-likeness (QED) is 0.790. The fraction of sp³-hybridized carbons (Fsp3) is 0.429. The summed E-state index contributed by atoms with van der Waals surface area (Å²) in [4.78, 5) is 18.4. The fourth-order valence-corrected chi connectivity index (χ4v) is 3.30. The first-order valence-electron chi connectivity index (χ1n) is 6.29. The number of aromatic nitrogens is 1. The standard InChI is InChI=1S/C14H16N2OS/c1-9-10(2)16(6-5-13(9)17)11-3-4-12-14(7-11)18-8-15-12/h3-4,7-10H,5-6H2,1-2H3. The molecule has 0 bridgehead atoms. The van der Waals surface area contributed by atoms with Crippen LogP contribution in [0.3, 0.4) is 0 Å². The number of carbonyl (C=O) groups is 1. The molecule has 1 saturated heterocycles. The first-order chi connectivity index (χ1) is 8.66. The van der Waals surface area contributed by atoms with Crippen LogP contribution >= 0.6 is 11.3 Å². The zero-order chi connectivity index (χ0) is 12.7. The van der Waals surface area contributed by atoms with Gasteiger partial charge in [-0.2, -0.15) is 0 Å². The van der Waals surface area contributed by atoms with E-state index in [1.54, 1.807) is 11.3 Å². The van der Waals surface area contributed by atoms with Crippen molar-refractivity contribution in [3.05, 3.63) is 23.7 Å². The fourth-order valence-electron chi connectivity index (χ4n) is 2.59. The summed E-state index contributed by atoms with van der Waals surface area (Å²) < 4.78 is 1.21. The van der Waals surface area contributed by atoms with Crippen LogP contribution in [0.5, 0.6) is 0 Å². The van der Waals surface area contributed by atoms with Gasteiger partial charge in [0.1, 0.15) is 5.78 Å². The Morgan fingerprint density at radius 2 is 2.22 bits per heavy atom. The molecule has 2 aromatic rings. The highest BCUT2D eigenvalue weighted by Gasteiger charge is 2.30. The molecule has 2 atom stereocenters. The van der Waals surface area contributed by atoms with Gasteiger partial charge in [0.2, 0.25) is 0 Å². The van der Waals surface area contributed by atoms with Crippen molar-refractivity contribution >= 4 is 33.0 Å². The second kappa shape index (κ2) is 4.35. The number of fused-ring (bicyclic) bond motifs is 1. The Balaban J connectivity index is 1.96. The van der Waals surface area contributed by atoms with E-state index in [2.05, 4.69) is 35.0 Å². The summed E-state index contributed by atoms with van der Waals surface area (Å²) in [5.74, 6) is 0.508. The highest BCUT2D eigenvalue weighted by molar-refractivity contribution is 7.16. The summed E-state index contributed by atoms with van der Waals surface area (Å²) in [6, 6.07) is 6.64. The summed E-state index contributed by atoms with van der Waals surface area (Å²) in [6.07, 6.45) is 0.659. The van der Waals surface area contributed by atoms with Crippen molar-refractivity contribution in [1.29, 1.82) is 0 Å². The van der Waals surface area contributed by atoms with Crippen molar-refractivity contribution in [2.75, 3.05) is 11.4 Å². The number of hydrogen-bond donors (Lipinski definition) is 0. The number of Topliss-reactive ketones (excluding diaryl/α,β-unsaturated/α-hetero) is 1. The van der Waals surface area contributed by atoms with E-state index in [1.165, 1.54) is 10.4 Å². The van der Waals surface area contributed by atoms with Crippen molar-refractivity contribution in [3.8, 4) is 0 Å². The number of hydrogen-bond acceptors (Lipinski definition) is 4. The van der Waals surface area contributed by atoms with E-state index in [9.17, 15) is 4.79 Å². The van der Waals surface area contributed by atoms with Gasteiger partial charge < -0.3 is 4.90 Å². The molecule has 1 aliphatic heterocycles. The summed E-state index contributed by atoms with van der Waals surface area (Å²) in [6.45, 7) is 5.00. The Bertz CT molecular complexity index is 592. The van der Waals surface area contributed by atoms with E-state index in [4.69, 9.17) is 0 Å². The summed E-state index contributed by atoms with van der Waals surface area (Å²) >= 11 is 1.66. The predicted molar refractivity (Wildman–Crippen MR) is 75.2 cm³/mol. The number of anilines is 1. The van der Waals surface area contributed by atoms with Gasteiger partial charge in [0.05, 0.1) is 15.7 Å². The molecule has 3 nitrogen and oxygen atoms in total. The van der Waals surface area contributed by atoms with Crippen LogP contribution in [0.25, 0.3) is 10.2 Å². The number of nitrogens with zero attached hydrogens (tertiary/aromatic N) is 2. The van der Waals surface area contributed by atoms with Crippen molar-refractivity contribution in [2.24, 2.45) is 5.92 Å². The lowest BCUT2D eigenvalue weighted by Crippen LogP contribution is -2.46. The smallest absolute Gasteiger partial charge is 0.139 e. The molecule has 0 radical (unpaired) electrons. The van der Waals surface area contributed by atoms with Gasteiger partial charge in [-0.1, -0.05) is 6.92 Å². The maximum atomic E-state index is 11.7. The molecule has 2 unspecified atom stereocenters. The molecule has 4 heteroatoms. The molecule has 1 fully saturated rings. The van der Waals surface area contributed by atoms with Crippen molar-refractivity contribution in [2.45, 2.75) is 26.3 Å². The Kier molecular flexibility index (Phi) is 2.82. The number of carbonyl (C=O) groups excluding carboxylic acids is 1. The van der Waals surface area contributed by atoms with E-state index < -0.39 is 0 Å². The number of thiazole rings is 1. The molecular formula is C14H16N2OS. The normalized spacial score (nSPS) is 24.8. The average Bonchev–Trinajstić information content (AvgIpc) is 2.83. The molecular weight excluding hydrogens is 244 g/mol. The Morgan fingerprint density at radius 3 is 3.06 bits per heavy atom. The van der Waals surface area contributed by atoms with Crippen LogP contribution in [0.4, 0.5) is 5.69 Å². The van der Waals surface area contributed by atoms with Crippen LogP contribution in [-0.2, 0) is 4.79 Å². The van der Waals surface area contributed by atoms with Crippen molar-refractivity contribution < 1.29 is 4.79 Å². The molecule has 0 amide bonds. The minimum atomic E-state index is 0.121. The van der Waals surface area contributed by atoms with Crippen molar-refractivity contribution in [3.63, 3.8) is 0 Å². The third kappa shape index (κ3) is 1.81. The number of piperidine rings is 1. The van der Waals surface area contributed by atoms with E-state index in [0.717, 1.165) is 12.1 Å². The molecule has 1 aromatic heterocycles. The molecule has 0 spiro atoms. The van der Waals surface area contributed by atoms with Gasteiger partial charge >= 0.3 is 0 Å². The molecule has 0 saturated carbocycles. The lowest BCUT2D eigenvalue weighted by molar-refractivity contribution is -0.123. The Labute approximate surface area is 110 Å². The highest BCUT2D eigenvalue weighted by Crippen LogP contribution is 2.30. The number of ketones is 1. The second-order valence-electron chi connectivity index (χ2n) is 4.94. The lowest BCUT2D eigenvalue weighted by Gasteiger charge is -2.38. The van der Waals surface area contributed by atoms with Gasteiger partial charge in [0, 0.05) is 30.6 Å². The van der Waals surface area contributed by atoms with E-state index in [1.807, 2.05) is 12.4 Å². The van der Waals surface area contributed by atoms with Crippen LogP contribution in [0.1, 0.15) is 20.3 Å². The summed E-state index contributed by atoms with van der Waals surface area (Å²) in [5.41, 5.74) is 4.14. The SMILES string of the molecule is CC1C(=O)CCN(c2ccc3ncsc3c2)C1C. The van der Waals surface area contributed by atoms with E-state index in [-0.39, 0.29) is 12.0 Å². The first-order valence-corrected chi connectivity index (χ1v) is 7.17. The number of rotatable bonds is 1. The van der Waals surface area contributed by atoms with Crippen LogP contribution < -0.4 is 4.90 Å². The van der Waals surface area contributed by atoms with Gasteiger partial charge in [-0.15, -0.1) is 11.3 Å². The van der Waals surface area contributed by atoms with Crippen molar-refractivity contribution in [1.82, 2.24) is 4.98 Å². The predicted octanol–water partition coefficient (Wildman–Crippen LogP) is 3.10. The van der Waals surface area contributed by atoms with Crippen LogP contribution in [0.15, 0.2) is 23.7 Å². The molecule has 2 heterocycles.